The van der Waals surface area contributed by atoms with Gasteiger partial charge in [-0.2, -0.15) is 0 Å². The lowest BCUT2D eigenvalue weighted by Crippen LogP contribution is -2.70. The van der Waals surface area contributed by atoms with Crippen LogP contribution in [0.1, 0.15) is 46.5 Å². The van der Waals surface area contributed by atoms with Gasteiger partial charge in [0.15, 0.2) is 0 Å². The summed E-state index contributed by atoms with van der Waals surface area (Å²) in [5.74, 6) is 0. The van der Waals surface area contributed by atoms with E-state index in [0.717, 1.165) is 32.4 Å². The molecule has 1 amide bonds. The highest BCUT2D eigenvalue weighted by atomic mass is 16.6. The number of carbonyl (C=O) groups is 1. The number of ether oxygens (including phenoxy) is 1. The molecule has 1 unspecified atom stereocenters. The van der Waals surface area contributed by atoms with E-state index in [9.17, 15) is 9.90 Å². The van der Waals surface area contributed by atoms with Crippen LogP contribution >= 0.6 is 0 Å². The molecule has 2 aliphatic heterocycles. The number of rotatable bonds is 1. The fraction of sp³-hybridized carbons (Fsp3) is 0.933. The number of aliphatic hydroxyl groups is 1. The van der Waals surface area contributed by atoms with Crippen molar-refractivity contribution in [2.75, 3.05) is 26.2 Å². The number of nitrogens with two attached hydrogens (primary N) is 1. The summed E-state index contributed by atoms with van der Waals surface area (Å²) in [6.45, 7) is 8.04. The molecule has 2 saturated heterocycles. The lowest BCUT2D eigenvalue weighted by atomic mass is 9.70. The van der Waals surface area contributed by atoms with Crippen molar-refractivity contribution in [3.8, 4) is 0 Å². The van der Waals surface area contributed by atoms with Gasteiger partial charge in [-0.3, -0.25) is 0 Å². The van der Waals surface area contributed by atoms with Crippen LogP contribution in [0.25, 0.3) is 0 Å². The van der Waals surface area contributed by atoms with Crippen molar-refractivity contribution in [3.05, 3.63) is 0 Å². The van der Waals surface area contributed by atoms with Gasteiger partial charge >= 0.3 is 6.09 Å². The zero-order valence-electron chi connectivity index (χ0n) is 13.4. The fourth-order valence-corrected chi connectivity index (χ4v) is 3.26. The second-order valence-corrected chi connectivity index (χ2v) is 7.44. The van der Waals surface area contributed by atoms with Crippen LogP contribution in [0.5, 0.6) is 0 Å². The molecule has 21 heavy (non-hydrogen) atoms. The first-order chi connectivity index (χ1) is 9.65. The molecule has 0 bridgehead atoms. The van der Waals surface area contributed by atoms with E-state index in [4.69, 9.17) is 10.5 Å². The van der Waals surface area contributed by atoms with E-state index < -0.39 is 16.7 Å². The van der Waals surface area contributed by atoms with E-state index in [1.807, 2.05) is 20.8 Å². The topological polar surface area (TPSA) is 87.8 Å². The molecule has 1 atom stereocenters. The zero-order chi connectivity index (χ0) is 15.7. The zero-order valence-corrected chi connectivity index (χ0v) is 13.4. The van der Waals surface area contributed by atoms with Crippen molar-refractivity contribution < 1.29 is 14.6 Å². The number of hydrogen-bond donors (Lipinski definition) is 3. The van der Waals surface area contributed by atoms with E-state index >= 15 is 0 Å². The molecule has 0 aromatic heterocycles. The van der Waals surface area contributed by atoms with Crippen LogP contribution in [0.3, 0.4) is 0 Å². The average Bonchev–Trinajstić information content (AvgIpc) is 2.37. The minimum absolute atomic E-state index is 0.262. The third-order valence-corrected chi connectivity index (χ3v) is 4.55. The molecule has 2 heterocycles. The number of carbonyl (C=O) groups excluding carboxylic acids is 1. The third-order valence-electron chi connectivity index (χ3n) is 4.55. The number of likely N-dealkylation sites (tertiary alicyclic amines) is 1. The summed E-state index contributed by atoms with van der Waals surface area (Å²) in [5.41, 5.74) is 4.31. The van der Waals surface area contributed by atoms with Crippen LogP contribution in [0.4, 0.5) is 4.79 Å². The number of hydrogen-bond acceptors (Lipinski definition) is 5. The average molecular weight is 299 g/mol. The quantitative estimate of drug-likeness (QED) is 0.667. The van der Waals surface area contributed by atoms with E-state index in [2.05, 4.69) is 5.32 Å². The second-order valence-electron chi connectivity index (χ2n) is 7.44. The normalized spacial score (nSPS) is 30.0. The van der Waals surface area contributed by atoms with Crippen molar-refractivity contribution in [2.45, 2.75) is 63.2 Å². The summed E-state index contributed by atoms with van der Waals surface area (Å²) in [6, 6.07) is 0. The fourth-order valence-electron chi connectivity index (χ4n) is 3.26. The first-order valence-corrected chi connectivity index (χ1v) is 7.85. The molecular formula is C15H29N3O3. The Morgan fingerprint density at radius 1 is 1.29 bits per heavy atom. The molecule has 4 N–H and O–H groups in total. The van der Waals surface area contributed by atoms with Gasteiger partial charge in [0.05, 0.1) is 6.54 Å². The largest absolute Gasteiger partial charge is 0.444 e. The Labute approximate surface area is 127 Å². The van der Waals surface area contributed by atoms with Crippen LogP contribution < -0.4 is 11.1 Å². The highest BCUT2D eigenvalue weighted by Gasteiger charge is 2.51. The predicted molar refractivity (Wildman–Crippen MR) is 81.0 cm³/mol. The van der Waals surface area contributed by atoms with Crippen molar-refractivity contribution in [1.82, 2.24) is 10.2 Å². The molecule has 0 spiro atoms. The first-order valence-electron chi connectivity index (χ1n) is 7.85. The van der Waals surface area contributed by atoms with Crippen LogP contribution in [-0.2, 0) is 4.74 Å². The van der Waals surface area contributed by atoms with Gasteiger partial charge in [-0.15, -0.1) is 0 Å². The van der Waals surface area contributed by atoms with E-state index in [1.54, 1.807) is 4.90 Å². The molecule has 6 nitrogen and oxygen atoms in total. The predicted octanol–water partition coefficient (Wildman–Crippen LogP) is 0.829. The highest BCUT2D eigenvalue weighted by molar-refractivity contribution is 5.68. The Balaban J connectivity index is 2.07. The summed E-state index contributed by atoms with van der Waals surface area (Å²) in [4.78, 5) is 13.8. The minimum Gasteiger partial charge on any atom is -0.444 e. The molecule has 6 heteroatoms. The van der Waals surface area contributed by atoms with Gasteiger partial charge < -0.3 is 25.8 Å². The van der Waals surface area contributed by atoms with Gasteiger partial charge in [-0.1, -0.05) is 0 Å². The van der Waals surface area contributed by atoms with Crippen molar-refractivity contribution in [3.63, 3.8) is 0 Å². The minimum atomic E-state index is -1.02. The van der Waals surface area contributed by atoms with E-state index in [0.29, 0.717) is 13.0 Å². The molecule has 0 aromatic rings. The van der Waals surface area contributed by atoms with Gasteiger partial charge in [-0.05, 0) is 59.5 Å². The Kier molecular flexibility index (Phi) is 4.52. The van der Waals surface area contributed by atoms with Gasteiger partial charge in [-0.25, -0.2) is 4.79 Å². The lowest BCUT2D eigenvalue weighted by Gasteiger charge is -2.51. The maximum atomic E-state index is 12.2. The van der Waals surface area contributed by atoms with E-state index in [1.165, 1.54) is 0 Å². The highest BCUT2D eigenvalue weighted by Crippen LogP contribution is 2.36. The maximum Gasteiger partial charge on any atom is 0.410 e. The van der Waals surface area contributed by atoms with Gasteiger partial charge in [0.25, 0.3) is 0 Å². The van der Waals surface area contributed by atoms with Crippen LogP contribution in [-0.4, -0.2) is 59.0 Å². The number of piperidine rings is 2. The Morgan fingerprint density at radius 3 is 2.48 bits per heavy atom. The Morgan fingerprint density at radius 2 is 1.90 bits per heavy atom. The monoisotopic (exact) mass is 299 g/mol. The molecule has 0 saturated carbocycles. The SMILES string of the molecule is CC(C)(C)OC(=O)N1CCCC(O)(C2(N)CCNCC2)C1. The van der Waals surface area contributed by atoms with Gasteiger partial charge in [0.1, 0.15) is 11.2 Å². The molecule has 0 radical (unpaired) electrons. The standard InChI is InChI=1S/C15H29N3O3/c1-13(2,3)21-12(19)18-10-4-5-15(20,11-18)14(16)6-8-17-9-7-14/h17,20H,4-11,16H2,1-3H3. The molecule has 2 rings (SSSR count). The van der Waals surface area contributed by atoms with Crippen LogP contribution in [0.15, 0.2) is 0 Å². The van der Waals surface area contributed by atoms with E-state index in [-0.39, 0.29) is 12.6 Å². The number of β-amino-alcohol motifs (C(OH)–C–C–N with tert-alkyl or cyclic N) is 1. The smallest absolute Gasteiger partial charge is 0.410 e. The van der Waals surface area contributed by atoms with Crippen molar-refractivity contribution in [2.24, 2.45) is 5.73 Å². The summed E-state index contributed by atoms with van der Waals surface area (Å²) in [7, 11) is 0. The van der Waals surface area contributed by atoms with Crippen LogP contribution in [0, 0.1) is 0 Å². The van der Waals surface area contributed by atoms with Crippen molar-refractivity contribution in [1.29, 1.82) is 0 Å². The number of amides is 1. The van der Waals surface area contributed by atoms with Gasteiger partial charge in [0.2, 0.25) is 0 Å². The number of nitrogens with one attached hydrogen (secondary N) is 1. The Bertz CT molecular complexity index is 388. The maximum absolute atomic E-state index is 12.2. The second kappa shape index (κ2) is 5.74. The molecule has 2 fully saturated rings. The summed E-state index contributed by atoms with van der Waals surface area (Å²) < 4.78 is 5.41. The summed E-state index contributed by atoms with van der Waals surface area (Å²) in [6.07, 6.45) is 2.49. The summed E-state index contributed by atoms with van der Waals surface area (Å²) in [5, 5.41) is 14.3. The summed E-state index contributed by atoms with van der Waals surface area (Å²) >= 11 is 0. The Hall–Kier alpha value is -0.850. The first kappa shape index (κ1) is 16.5. The molecular weight excluding hydrogens is 270 g/mol. The van der Waals surface area contributed by atoms with Crippen LogP contribution in [0.2, 0.25) is 0 Å². The molecule has 2 aliphatic rings. The lowest BCUT2D eigenvalue weighted by molar-refractivity contribution is -0.0967. The molecule has 0 aliphatic carbocycles. The van der Waals surface area contributed by atoms with Gasteiger partial charge in [0, 0.05) is 12.1 Å². The molecule has 122 valence electrons. The van der Waals surface area contributed by atoms with Crippen molar-refractivity contribution >= 4 is 6.09 Å². The number of nitrogens with zero attached hydrogens (tertiary/aromatic N) is 1. The third kappa shape index (κ3) is 3.67. The molecule has 0 aromatic carbocycles.